The quantitative estimate of drug-likeness (QED) is 0.547. The summed E-state index contributed by atoms with van der Waals surface area (Å²) in [6.07, 6.45) is 4.90. The first-order valence-electron chi connectivity index (χ1n) is 9.21. The number of carbonyl (C=O) groups is 1. The number of hydrogen-bond acceptors (Lipinski definition) is 2. The number of nitrogens with one attached hydrogen (secondary N) is 2. The molecule has 2 aromatic rings. The van der Waals surface area contributed by atoms with Crippen LogP contribution in [0.5, 0.6) is 0 Å². The zero-order valence-corrected chi connectivity index (χ0v) is 15.2. The molecule has 5 heteroatoms. The first-order valence-corrected chi connectivity index (χ1v) is 9.21. The van der Waals surface area contributed by atoms with Crippen LogP contribution < -0.4 is 16.4 Å². The fourth-order valence-electron chi connectivity index (χ4n) is 3.21. The molecule has 0 bridgehead atoms. The predicted octanol–water partition coefficient (Wildman–Crippen LogP) is 3.84. The topological polar surface area (TPSA) is 79.5 Å². The SMILES string of the molecule is CCCC(=O)Nc1cccc(CN=C(N)Nc2ccc3c(c2)CCC3)c1. The fraction of sp³-hybridized carbons (Fsp3) is 0.333. The first kappa shape index (κ1) is 18.0. The molecule has 1 aliphatic rings. The molecule has 3 rings (SSSR count). The molecule has 0 atom stereocenters. The second kappa shape index (κ2) is 8.52. The number of carbonyl (C=O) groups excluding carboxylic acids is 1. The van der Waals surface area contributed by atoms with Crippen LogP contribution >= 0.6 is 0 Å². The second-order valence-corrected chi connectivity index (χ2v) is 6.66. The van der Waals surface area contributed by atoms with Crippen LogP contribution in [0.3, 0.4) is 0 Å². The average Bonchev–Trinajstić information content (AvgIpc) is 3.08. The highest BCUT2D eigenvalue weighted by molar-refractivity contribution is 5.92. The van der Waals surface area contributed by atoms with E-state index in [9.17, 15) is 4.79 Å². The van der Waals surface area contributed by atoms with Crippen LogP contribution in [-0.2, 0) is 24.2 Å². The van der Waals surface area contributed by atoms with Gasteiger partial charge >= 0.3 is 0 Å². The molecule has 0 aromatic heterocycles. The van der Waals surface area contributed by atoms with Crippen LogP contribution in [0, 0.1) is 0 Å². The monoisotopic (exact) mass is 350 g/mol. The van der Waals surface area contributed by atoms with Crippen molar-refractivity contribution in [3.05, 3.63) is 59.2 Å². The van der Waals surface area contributed by atoms with Gasteiger partial charge in [-0.15, -0.1) is 0 Å². The van der Waals surface area contributed by atoms with Crippen molar-refractivity contribution in [2.24, 2.45) is 10.7 Å². The first-order chi connectivity index (χ1) is 12.6. The van der Waals surface area contributed by atoms with Crippen LogP contribution in [0.4, 0.5) is 11.4 Å². The highest BCUT2D eigenvalue weighted by Crippen LogP contribution is 2.24. The van der Waals surface area contributed by atoms with Gasteiger partial charge in [0.1, 0.15) is 0 Å². The number of benzene rings is 2. The lowest BCUT2D eigenvalue weighted by atomic mass is 10.1. The molecule has 1 aliphatic carbocycles. The number of aliphatic imine (C=N–C) groups is 1. The third kappa shape index (κ3) is 4.85. The van der Waals surface area contributed by atoms with Crippen molar-refractivity contribution >= 4 is 23.2 Å². The van der Waals surface area contributed by atoms with Crippen LogP contribution in [0.1, 0.15) is 42.9 Å². The van der Waals surface area contributed by atoms with Gasteiger partial charge < -0.3 is 16.4 Å². The van der Waals surface area contributed by atoms with Gasteiger partial charge in [0, 0.05) is 17.8 Å². The molecule has 2 aromatic carbocycles. The molecule has 0 radical (unpaired) electrons. The lowest BCUT2D eigenvalue weighted by molar-refractivity contribution is -0.116. The van der Waals surface area contributed by atoms with Crippen molar-refractivity contribution in [3.63, 3.8) is 0 Å². The molecule has 0 saturated heterocycles. The Morgan fingerprint density at radius 3 is 2.73 bits per heavy atom. The molecule has 4 N–H and O–H groups in total. The van der Waals surface area contributed by atoms with Gasteiger partial charge in [-0.3, -0.25) is 4.79 Å². The number of nitrogens with zero attached hydrogens (tertiary/aromatic N) is 1. The van der Waals surface area contributed by atoms with Gasteiger partial charge in [0.2, 0.25) is 5.91 Å². The third-order valence-electron chi connectivity index (χ3n) is 4.49. The van der Waals surface area contributed by atoms with Crippen molar-refractivity contribution in [1.29, 1.82) is 0 Å². The Morgan fingerprint density at radius 2 is 1.88 bits per heavy atom. The molecule has 0 unspecified atom stereocenters. The molecule has 0 spiro atoms. The number of amides is 1. The molecule has 0 aliphatic heterocycles. The maximum Gasteiger partial charge on any atom is 0.224 e. The Hall–Kier alpha value is -2.82. The number of guanidine groups is 1. The van der Waals surface area contributed by atoms with Crippen LogP contribution in [0.25, 0.3) is 0 Å². The van der Waals surface area contributed by atoms with E-state index in [1.165, 1.54) is 24.0 Å². The number of aryl methyl sites for hydroxylation is 2. The van der Waals surface area contributed by atoms with Gasteiger partial charge in [-0.25, -0.2) is 4.99 Å². The Balaban J connectivity index is 1.59. The van der Waals surface area contributed by atoms with Crippen molar-refractivity contribution in [1.82, 2.24) is 0 Å². The summed E-state index contributed by atoms with van der Waals surface area (Å²) in [5, 5.41) is 6.06. The van der Waals surface area contributed by atoms with Crippen LogP contribution in [0.2, 0.25) is 0 Å². The molecule has 0 heterocycles. The van der Waals surface area contributed by atoms with Crippen LogP contribution in [0.15, 0.2) is 47.5 Å². The van der Waals surface area contributed by atoms with Gasteiger partial charge in [-0.2, -0.15) is 0 Å². The normalized spacial score (nSPS) is 13.3. The van der Waals surface area contributed by atoms with E-state index in [0.717, 1.165) is 29.8 Å². The van der Waals surface area contributed by atoms with E-state index in [4.69, 9.17) is 5.73 Å². The number of anilines is 2. The maximum absolute atomic E-state index is 11.7. The van der Waals surface area contributed by atoms with E-state index in [1.54, 1.807) is 0 Å². The van der Waals surface area contributed by atoms with E-state index in [0.29, 0.717) is 18.9 Å². The highest BCUT2D eigenvalue weighted by Gasteiger charge is 2.10. The largest absolute Gasteiger partial charge is 0.370 e. The summed E-state index contributed by atoms with van der Waals surface area (Å²) in [5.74, 6) is 0.425. The Morgan fingerprint density at radius 1 is 1.08 bits per heavy atom. The standard InChI is InChI=1S/C21H26N4O/c1-2-5-20(26)24-18-9-3-6-15(12-18)14-23-21(22)25-19-11-10-16-7-4-8-17(16)13-19/h3,6,9-13H,2,4-5,7-8,14H2,1H3,(H,24,26)(H3,22,23,25). The number of fused-ring (bicyclic) bond motifs is 1. The lowest BCUT2D eigenvalue weighted by Gasteiger charge is -2.09. The third-order valence-corrected chi connectivity index (χ3v) is 4.49. The Kier molecular flexibility index (Phi) is 5.89. The molecular formula is C21H26N4O. The number of hydrogen-bond donors (Lipinski definition) is 3. The van der Waals surface area contributed by atoms with Crippen LogP contribution in [-0.4, -0.2) is 11.9 Å². The summed E-state index contributed by atoms with van der Waals surface area (Å²) in [7, 11) is 0. The van der Waals surface area contributed by atoms with E-state index in [2.05, 4.69) is 33.8 Å². The smallest absolute Gasteiger partial charge is 0.224 e. The maximum atomic E-state index is 11.7. The fourth-order valence-corrected chi connectivity index (χ4v) is 3.21. The zero-order chi connectivity index (χ0) is 18.4. The van der Waals surface area contributed by atoms with Gasteiger partial charge in [0.15, 0.2) is 5.96 Å². The van der Waals surface area contributed by atoms with Gasteiger partial charge in [0.05, 0.1) is 6.54 Å². The molecule has 136 valence electrons. The van der Waals surface area contributed by atoms with Gasteiger partial charge in [-0.05, 0) is 66.6 Å². The summed E-state index contributed by atoms with van der Waals surface area (Å²) < 4.78 is 0. The van der Waals surface area contributed by atoms with E-state index in [-0.39, 0.29) is 5.91 Å². The number of rotatable bonds is 6. The second-order valence-electron chi connectivity index (χ2n) is 6.66. The molecule has 26 heavy (non-hydrogen) atoms. The van der Waals surface area contributed by atoms with Crippen molar-refractivity contribution in [3.8, 4) is 0 Å². The zero-order valence-electron chi connectivity index (χ0n) is 15.2. The van der Waals surface area contributed by atoms with Crippen molar-refractivity contribution in [2.75, 3.05) is 10.6 Å². The summed E-state index contributed by atoms with van der Waals surface area (Å²) in [5.41, 5.74) is 11.6. The Labute approximate surface area is 154 Å². The van der Waals surface area contributed by atoms with Gasteiger partial charge in [-0.1, -0.05) is 25.1 Å². The summed E-state index contributed by atoms with van der Waals surface area (Å²) in [4.78, 5) is 16.1. The van der Waals surface area contributed by atoms with E-state index < -0.39 is 0 Å². The summed E-state index contributed by atoms with van der Waals surface area (Å²) >= 11 is 0. The molecule has 1 amide bonds. The summed E-state index contributed by atoms with van der Waals surface area (Å²) in [6, 6.07) is 14.1. The highest BCUT2D eigenvalue weighted by atomic mass is 16.1. The summed E-state index contributed by atoms with van der Waals surface area (Å²) in [6.45, 7) is 2.45. The Bertz CT molecular complexity index is 813. The predicted molar refractivity (Wildman–Crippen MR) is 107 cm³/mol. The van der Waals surface area contributed by atoms with E-state index in [1.807, 2.05) is 31.2 Å². The van der Waals surface area contributed by atoms with E-state index >= 15 is 0 Å². The minimum Gasteiger partial charge on any atom is -0.370 e. The van der Waals surface area contributed by atoms with Crippen molar-refractivity contribution < 1.29 is 4.79 Å². The number of nitrogens with two attached hydrogens (primary N) is 1. The minimum absolute atomic E-state index is 0.0333. The minimum atomic E-state index is 0.0333. The average molecular weight is 350 g/mol. The molecule has 0 fully saturated rings. The molecule has 5 nitrogen and oxygen atoms in total. The van der Waals surface area contributed by atoms with Gasteiger partial charge in [0.25, 0.3) is 0 Å². The molecular weight excluding hydrogens is 324 g/mol. The molecule has 0 saturated carbocycles. The van der Waals surface area contributed by atoms with Crippen molar-refractivity contribution in [2.45, 2.75) is 45.6 Å². The lowest BCUT2D eigenvalue weighted by Crippen LogP contribution is -2.22.